The van der Waals surface area contributed by atoms with E-state index in [1.807, 2.05) is 17.8 Å². The highest BCUT2D eigenvalue weighted by atomic mass is 35.5. The molecule has 25 heavy (non-hydrogen) atoms. The number of methoxy groups -OCH3 is 1. The number of halogens is 1. The molecule has 7 heteroatoms. The van der Waals surface area contributed by atoms with Crippen LogP contribution >= 0.6 is 22.9 Å². The van der Waals surface area contributed by atoms with Crippen molar-refractivity contribution in [1.82, 2.24) is 9.78 Å². The molecule has 0 radical (unpaired) electrons. The third-order valence-electron chi connectivity index (χ3n) is 4.44. The molecule has 0 bridgehead atoms. The summed E-state index contributed by atoms with van der Waals surface area (Å²) in [5, 5.41) is 5.78. The van der Waals surface area contributed by atoms with Gasteiger partial charge in [-0.2, -0.15) is 5.10 Å². The fourth-order valence-electron chi connectivity index (χ4n) is 3.05. The molecule has 134 valence electrons. The normalized spacial score (nSPS) is 16.7. The van der Waals surface area contributed by atoms with Gasteiger partial charge in [0, 0.05) is 12.6 Å². The molecule has 1 aromatic heterocycles. The minimum atomic E-state index is -0.440. The second-order valence-electron chi connectivity index (χ2n) is 6.27. The standard InChI is InChI=1S/C18H22ClN3O2S/c1-22-18(20-13-7-5-3-4-6-8-13)25-16(21-22)12-9-10-14(15(19)11-12)17(23)24-2/h9-11,13H,3-8H2,1-2H3. The molecule has 0 amide bonds. The van der Waals surface area contributed by atoms with Gasteiger partial charge in [-0.15, -0.1) is 0 Å². The lowest BCUT2D eigenvalue weighted by Gasteiger charge is -2.06. The van der Waals surface area contributed by atoms with Crippen molar-refractivity contribution in [2.45, 2.75) is 44.6 Å². The Morgan fingerprint density at radius 2 is 2.04 bits per heavy atom. The number of benzene rings is 1. The number of hydrogen-bond donors (Lipinski definition) is 0. The van der Waals surface area contributed by atoms with Crippen LogP contribution in [0.5, 0.6) is 0 Å². The van der Waals surface area contributed by atoms with E-state index >= 15 is 0 Å². The zero-order chi connectivity index (χ0) is 17.8. The summed E-state index contributed by atoms with van der Waals surface area (Å²) >= 11 is 7.77. The van der Waals surface area contributed by atoms with Gasteiger partial charge in [0.2, 0.25) is 4.80 Å². The average molecular weight is 380 g/mol. The summed E-state index contributed by atoms with van der Waals surface area (Å²) in [4.78, 5) is 17.5. The fourth-order valence-corrected chi connectivity index (χ4v) is 4.26. The number of hydrogen-bond acceptors (Lipinski definition) is 5. The van der Waals surface area contributed by atoms with Crippen LogP contribution in [-0.2, 0) is 11.8 Å². The first kappa shape index (κ1) is 18.1. The van der Waals surface area contributed by atoms with Gasteiger partial charge in [-0.05, 0) is 25.0 Å². The number of rotatable bonds is 3. The van der Waals surface area contributed by atoms with E-state index in [-0.39, 0.29) is 0 Å². The molecule has 5 nitrogen and oxygen atoms in total. The van der Waals surface area contributed by atoms with Crippen molar-refractivity contribution < 1.29 is 9.53 Å². The number of carbonyl (C=O) groups is 1. The smallest absolute Gasteiger partial charge is 0.339 e. The highest BCUT2D eigenvalue weighted by Gasteiger charge is 2.15. The third-order valence-corrected chi connectivity index (χ3v) is 5.82. The van der Waals surface area contributed by atoms with Crippen LogP contribution in [0.2, 0.25) is 5.02 Å². The molecule has 0 aliphatic heterocycles. The van der Waals surface area contributed by atoms with E-state index in [2.05, 4.69) is 5.10 Å². The molecule has 1 fully saturated rings. The molecule has 1 heterocycles. The quantitative estimate of drug-likeness (QED) is 0.592. The highest BCUT2D eigenvalue weighted by molar-refractivity contribution is 7.12. The second-order valence-corrected chi connectivity index (χ2v) is 7.64. The van der Waals surface area contributed by atoms with Crippen LogP contribution in [0.1, 0.15) is 48.9 Å². The minimum Gasteiger partial charge on any atom is -0.465 e. The maximum Gasteiger partial charge on any atom is 0.339 e. The fraction of sp³-hybridized carbons (Fsp3) is 0.500. The lowest BCUT2D eigenvalue weighted by molar-refractivity contribution is 0.0601. The molecule has 0 N–H and O–H groups in total. The molecule has 1 aliphatic carbocycles. The third kappa shape index (κ3) is 4.30. The van der Waals surface area contributed by atoms with Gasteiger partial charge in [0.15, 0.2) is 0 Å². The number of ether oxygens (including phenoxy) is 1. The molecule has 1 aromatic carbocycles. The molecule has 2 aromatic rings. The van der Waals surface area contributed by atoms with E-state index in [4.69, 9.17) is 21.3 Å². The monoisotopic (exact) mass is 379 g/mol. The molecule has 1 aliphatic rings. The Morgan fingerprint density at radius 3 is 2.68 bits per heavy atom. The van der Waals surface area contributed by atoms with E-state index in [0.29, 0.717) is 16.6 Å². The van der Waals surface area contributed by atoms with Gasteiger partial charge < -0.3 is 4.74 Å². The molecule has 0 saturated heterocycles. The Balaban J connectivity index is 1.89. The lowest BCUT2D eigenvalue weighted by atomic mass is 10.1. The first-order valence-electron chi connectivity index (χ1n) is 8.54. The van der Waals surface area contributed by atoms with Gasteiger partial charge in [-0.3, -0.25) is 4.99 Å². The molecule has 0 unspecified atom stereocenters. The SMILES string of the molecule is COC(=O)c1ccc(-c2nn(C)c(=NC3CCCCCC3)s2)cc1Cl. The average Bonchev–Trinajstić information content (AvgIpc) is 2.81. The van der Waals surface area contributed by atoms with Gasteiger partial charge in [-0.25, -0.2) is 9.48 Å². The summed E-state index contributed by atoms with van der Waals surface area (Å²) in [6.07, 6.45) is 7.47. The van der Waals surface area contributed by atoms with Gasteiger partial charge in [0.1, 0.15) is 5.01 Å². The van der Waals surface area contributed by atoms with Gasteiger partial charge >= 0.3 is 5.97 Å². The van der Waals surface area contributed by atoms with Crippen LogP contribution in [0.15, 0.2) is 23.2 Å². The maximum atomic E-state index is 11.7. The summed E-state index contributed by atoms with van der Waals surface area (Å²) in [6, 6.07) is 5.66. The van der Waals surface area contributed by atoms with Crippen LogP contribution in [-0.4, -0.2) is 28.9 Å². The summed E-state index contributed by atoms with van der Waals surface area (Å²) in [6.45, 7) is 0. The predicted octanol–water partition coefficient (Wildman–Crippen LogP) is 4.21. The van der Waals surface area contributed by atoms with Crippen molar-refractivity contribution in [2.24, 2.45) is 12.0 Å². The summed E-state index contributed by atoms with van der Waals surface area (Å²) in [7, 11) is 3.26. The number of nitrogens with zero attached hydrogens (tertiary/aromatic N) is 3. The number of aromatic nitrogens is 2. The van der Waals surface area contributed by atoms with Crippen LogP contribution in [0.3, 0.4) is 0 Å². The molecule has 1 saturated carbocycles. The summed E-state index contributed by atoms with van der Waals surface area (Å²) in [5.74, 6) is -0.440. The molecule has 0 spiro atoms. The van der Waals surface area contributed by atoms with Crippen molar-refractivity contribution in [3.63, 3.8) is 0 Å². The Hall–Kier alpha value is -1.66. The zero-order valence-electron chi connectivity index (χ0n) is 14.5. The number of esters is 1. The van der Waals surface area contributed by atoms with E-state index in [1.165, 1.54) is 32.8 Å². The lowest BCUT2D eigenvalue weighted by Crippen LogP contribution is -2.16. The van der Waals surface area contributed by atoms with E-state index in [0.717, 1.165) is 28.2 Å². The number of carbonyl (C=O) groups excluding carboxylic acids is 1. The zero-order valence-corrected chi connectivity index (χ0v) is 16.1. The van der Waals surface area contributed by atoms with Gasteiger partial charge in [-0.1, -0.05) is 54.7 Å². The topological polar surface area (TPSA) is 56.5 Å². The molecule has 0 atom stereocenters. The maximum absolute atomic E-state index is 11.7. The highest BCUT2D eigenvalue weighted by Crippen LogP contribution is 2.26. The van der Waals surface area contributed by atoms with Crippen molar-refractivity contribution in [1.29, 1.82) is 0 Å². The van der Waals surface area contributed by atoms with Crippen LogP contribution in [0, 0.1) is 0 Å². The second kappa shape index (κ2) is 8.15. The Labute approximate surface area is 156 Å². The first-order chi connectivity index (χ1) is 12.1. The first-order valence-corrected chi connectivity index (χ1v) is 9.74. The molecular formula is C18H22ClN3O2S. The Bertz CT molecular complexity index is 820. The van der Waals surface area contributed by atoms with Gasteiger partial charge in [0.25, 0.3) is 0 Å². The molecular weight excluding hydrogens is 358 g/mol. The molecule has 3 rings (SSSR count). The van der Waals surface area contributed by atoms with Crippen LogP contribution < -0.4 is 4.80 Å². The minimum absolute atomic E-state index is 0.359. The summed E-state index contributed by atoms with van der Waals surface area (Å²) in [5.41, 5.74) is 1.23. The number of aryl methyl sites for hydroxylation is 1. The van der Waals surface area contributed by atoms with Crippen molar-refractivity contribution in [3.05, 3.63) is 33.6 Å². The van der Waals surface area contributed by atoms with Gasteiger partial charge in [0.05, 0.1) is 23.7 Å². The Kier molecular flexibility index (Phi) is 5.91. The largest absolute Gasteiger partial charge is 0.465 e. The van der Waals surface area contributed by atoms with E-state index in [9.17, 15) is 4.79 Å². The van der Waals surface area contributed by atoms with Crippen LogP contribution in [0.25, 0.3) is 10.6 Å². The Morgan fingerprint density at radius 1 is 1.32 bits per heavy atom. The summed E-state index contributed by atoms with van der Waals surface area (Å²) < 4.78 is 6.55. The predicted molar refractivity (Wildman–Crippen MR) is 99.9 cm³/mol. The van der Waals surface area contributed by atoms with Crippen molar-refractivity contribution in [3.8, 4) is 10.6 Å². The van der Waals surface area contributed by atoms with E-state index in [1.54, 1.807) is 23.5 Å². The van der Waals surface area contributed by atoms with Crippen molar-refractivity contribution >= 4 is 28.9 Å². The van der Waals surface area contributed by atoms with Crippen LogP contribution in [0.4, 0.5) is 0 Å². The van der Waals surface area contributed by atoms with E-state index < -0.39 is 5.97 Å². The van der Waals surface area contributed by atoms with Crippen molar-refractivity contribution in [2.75, 3.05) is 7.11 Å².